The molecule has 2 aromatic heterocycles. The third-order valence-electron chi connectivity index (χ3n) is 16.1. The predicted molar refractivity (Wildman–Crippen MR) is 316 cm³/mol. The van der Waals surface area contributed by atoms with E-state index in [0.717, 1.165) is 54.6 Å². The third-order valence-corrected chi connectivity index (χ3v) is 16.1. The highest BCUT2D eigenvalue weighted by Crippen LogP contribution is 2.49. The molecule has 0 aliphatic heterocycles. The summed E-state index contributed by atoms with van der Waals surface area (Å²) >= 11 is 0. The monoisotopic (exact) mass is 1220 g/mol. The van der Waals surface area contributed by atoms with Gasteiger partial charge in [0.05, 0.1) is 66.8 Å². The molecule has 12 aromatic rings. The standard InChI is InChI=1S/C71H44F15N3/c1-36-17-45(25-50(21-36)67(72,73)74)41-9-13-54-55-14-10-42(46-18-37(2)22-51(26-46)68(75,76)77)30-62(55)88(61(54)29-41)60-34-58(66-40(5)7-6-8-59(66)71(84,85)86)65(33-49(60)35-87)89-63-31-43(47-19-38(3)23-52(27-47)69(78,79)80)11-15-56(63)57-16-12-44(32-64(57)89)48-20-39(4)24-53(28-48)70(81,82)83/h6-34H,1-5H3. The second-order valence-corrected chi connectivity index (χ2v) is 22.4. The summed E-state index contributed by atoms with van der Waals surface area (Å²) in [5.74, 6) is 0. The van der Waals surface area contributed by atoms with Crippen molar-refractivity contribution in [2.75, 3.05) is 0 Å². The van der Waals surface area contributed by atoms with Crippen LogP contribution in [-0.4, -0.2) is 9.13 Å². The van der Waals surface area contributed by atoms with Crippen LogP contribution in [0.4, 0.5) is 65.9 Å². The molecule has 0 saturated carbocycles. The summed E-state index contributed by atoms with van der Waals surface area (Å²) in [6.45, 7) is 7.32. The summed E-state index contributed by atoms with van der Waals surface area (Å²) in [6, 6.07) is 40.9. The fraction of sp³-hybridized carbons (Fsp3) is 0.141. The van der Waals surface area contributed by atoms with Crippen LogP contribution < -0.4 is 0 Å². The molecule has 0 fully saturated rings. The van der Waals surface area contributed by atoms with E-state index in [4.69, 9.17) is 0 Å². The van der Waals surface area contributed by atoms with E-state index in [9.17, 15) is 57.9 Å². The maximum Gasteiger partial charge on any atom is 0.417 e. The van der Waals surface area contributed by atoms with Crippen molar-refractivity contribution in [3.8, 4) is 73.1 Å². The van der Waals surface area contributed by atoms with E-state index in [0.29, 0.717) is 21.5 Å². The van der Waals surface area contributed by atoms with Crippen LogP contribution in [0.1, 0.15) is 61.2 Å². The minimum absolute atomic E-state index is 0.0596. The zero-order valence-corrected chi connectivity index (χ0v) is 47.3. The summed E-state index contributed by atoms with van der Waals surface area (Å²) in [5, 5.41) is 13.2. The number of benzene rings is 10. The van der Waals surface area contributed by atoms with Crippen LogP contribution in [0, 0.1) is 45.9 Å². The zero-order chi connectivity index (χ0) is 63.8. The van der Waals surface area contributed by atoms with Gasteiger partial charge in [0, 0.05) is 27.1 Å². The Kier molecular flexibility index (Phi) is 14.0. The Balaban J connectivity index is 1.24. The first-order valence-corrected chi connectivity index (χ1v) is 27.4. The smallest absolute Gasteiger partial charge is 0.309 e. The van der Waals surface area contributed by atoms with E-state index in [1.165, 1.54) is 104 Å². The average molecular weight is 1220 g/mol. The lowest BCUT2D eigenvalue weighted by Gasteiger charge is -2.23. The van der Waals surface area contributed by atoms with Gasteiger partial charge in [0.15, 0.2) is 0 Å². The molecule has 18 heteroatoms. The normalized spacial score (nSPS) is 12.7. The summed E-state index contributed by atoms with van der Waals surface area (Å²) in [5.41, 5.74) is -2.87. The van der Waals surface area contributed by atoms with E-state index < -0.39 is 64.3 Å². The zero-order valence-electron chi connectivity index (χ0n) is 47.3. The van der Waals surface area contributed by atoms with Crippen LogP contribution in [0.3, 0.4) is 0 Å². The van der Waals surface area contributed by atoms with E-state index in [1.54, 1.807) is 60.7 Å². The van der Waals surface area contributed by atoms with Crippen molar-refractivity contribution in [3.05, 3.63) is 237 Å². The third kappa shape index (κ3) is 10.9. The van der Waals surface area contributed by atoms with Crippen molar-refractivity contribution >= 4 is 43.6 Å². The molecule has 0 saturated heterocycles. The lowest BCUT2D eigenvalue weighted by Crippen LogP contribution is -2.11. The molecular weight excluding hydrogens is 1180 g/mol. The van der Waals surface area contributed by atoms with E-state index in [2.05, 4.69) is 6.07 Å². The quantitative estimate of drug-likeness (QED) is 0.146. The molecule has 0 aliphatic carbocycles. The molecule has 0 aliphatic rings. The molecule has 2 heterocycles. The minimum Gasteiger partial charge on any atom is -0.309 e. The largest absolute Gasteiger partial charge is 0.417 e. The van der Waals surface area contributed by atoms with Crippen LogP contribution in [0.15, 0.2) is 176 Å². The van der Waals surface area contributed by atoms with Gasteiger partial charge in [-0.2, -0.15) is 71.1 Å². The van der Waals surface area contributed by atoms with Gasteiger partial charge in [-0.25, -0.2) is 0 Å². The number of rotatable bonds is 7. The van der Waals surface area contributed by atoms with Gasteiger partial charge in [0.25, 0.3) is 0 Å². The average Bonchev–Trinajstić information content (AvgIpc) is 1.62. The number of nitrogens with zero attached hydrogens (tertiary/aromatic N) is 3. The molecule has 0 amide bonds. The number of fused-ring (bicyclic) bond motifs is 6. The maximum absolute atomic E-state index is 15.9. The van der Waals surface area contributed by atoms with E-state index in [1.807, 2.05) is 0 Å². The summed E-state index contributed by atoms with van der Waals surface area (Å²) in [4.78, 5) is 0. The molecule has 0 bridgehead atoms. The molecule has 0 unspecified atom stereocenters. The SMILES string of the molecule is Cc1cc(-c2ccc3c4ccc(-c5cc(C)cc(C(F)(F)F)c5)cc4n(-c4cc(-c5c(C)cccc5C(F)(F)F)c(-n5c6cc(-c7cc(C)cc(C(F)(F)F)c7)ccc6c6ccc(-c7cc(C)cc(C(F)(F)F)c7)cc65)cc4C#N)c3c2)cc(C(F)(F)F)c1. The van der Waals surface area contributed by atoms with Gasteiger partial charge in [-0.15, -0.1) is 0 Å². The van der Waals surface area contributed by atoms with Crippen molar-refractivity contribution in [1.82, 2.24) is 9.13 Å². The van der Waals surface area contributed by atoms with Gasteiger partial charge in [-0.05, 0) is 204 Å². The van der Waals surface area contributed by atoms with Crippen molar-refractivity contribution < 1.29 is 65.9 Å². The number of aromatic nitrogens is 2. The summed E-state index contributed by atoms with van der Waals surface area (Å²) in [7, 11) is 0. The van der Waals surface area contributed by atoms with Crippen molar-refractivity contribution in [2.24, 2.45) is 0 Å². The second kappa shape index (κ2) is 21.0. The van der Waals surface area contributed by atoms with Crippen LogP contribution in [0.2, 0.25) is 0 Å². The molecule has 0 N–H and O–H groups in total. The van der Waals surface area contributed by atoms with Crippen LogP contribution >= 0.6 is 0 Å². The fourth-order valence-corrected chi connectivity index (χ4v) is 12.2. The first-order chi connectivity index (χ1) is 41.7. The number of nitriles is 1. The van der Waals surface area contributed by atoms with E-state index >= 15 is 13.2 Å². The van der Waals surface area contributed by atoms with Crippen LogP contribution in [0.25, 0.3) is 111 Å². The molecule has 0 spiro atoms. The number of halogens is 15. The Hall–Kier alpha value is -9.76. The van der Waals surface area contributed by atoms with E-state index in [-0.39, 0.29) is 117 Å². The first-order valence-electron chi connectivity index (χ1n) is 27.4. The highest BCUT2D eigenvalue weighted by atomic mass is 19.4. The predicted octanol–water partition coefficient (Wildman–Crippen LogP) is 22.7. The lowest BCUT2D eigenvalue weighted by atomic mass is 9.91. The Bertz CT molecular complexity index is 4720. The molecule has 10 aromatic carbocycles. The minimum atomic E-state index is -5.08. The Labute approximate surface area is 497 Å². The number of alkyl halides is 15. The van der Waals surface area contributed by atoms with Gasteiger partial charge in [-0.1, -0.05) is 84.9 Å². The van der Waals surface area contributed by atoms with Crippen molar-refractivity contribution in [1.29, 1.82) is 5.26 Å². The van der Waals surface area contributed by atoms with Crippen molar-refractivity contribution in [2.45, 2.75) is 65.5 Å². The lowest BCUT2D eigenvalue weighted by molar-refractivity contribution is -0.138. The van der Waals surface area contributed by atoms with Crippen LogP contribution in [-0.2, 0) is 30.9 Å². The summed E-state index contributed by atoms with van der Waals surface area (Å²) in [6.07, 6.45) is -24.2. The molecule has 3 nitrogen and oxygen atoms in total. The first kappa shape index (κ1) is 59.6. The van der Waals surface area contributed by atoms with Gasteiger partial charge in [-0.3, -0.25) is 0 Å². The Morgan fingerprint density at radius 2 is 0.629 bits per heavy atom. The molecule has 448 valence electrons. The van der Waals surface area contributed by atoms with Gasteiger partial charge in [0.1, 0.15) is 6.07 Å². The summed E-state index contributed by atoms with van der Waals surface area (Å²) < 4.78 is 224. The molecular formula is C71H44F15N3. The number of hydrogen-bond acceptors (Lipinski definition) is 1. The molecule has 0 radical (unpaired) electrons. The highest BCUT2D eigenvalue weighted by molar-refractivity contribution is 6.13. The van der Waals surface area contributed by atoms with Gasteiger partial charge < -0.3 is 9.13 Å². The molecule has 0 atom stereocenters. The topological polar surface area (TPSA) is 33.6 Å². The van der Waals surface area contributed by atoms with Crippen molar-refractivity contribution in [3.63, 3.8) is 0 Å². The number of hydrogen-bond donors (Lipinski definition) is 0. The second-order valence-electron chi connectivity index (χ2n) is 22.4. The highest BCUT2D eigenvalue weighted by Gasteiger charge is 2.38. The molecule has 12 rings (SSSR count). The Morgan fingerprint density at radius 3 is 0.921 bits per heavy atom. The Morgan fingerprint density at radius 1 is 0.315 bits per heavy atom. The van der Waals surface area contributed by atoms with Gasteiger partial charge in [0.2, 0.25) is 0 Å². The van der Waals surface area contributed by atoms with Gasteiger partial charge >= 0.3 is 30.9 Å². The molecule has 89 heavy (non-hydrogen) atoms. The van der Waals surface area contributed by atoms with Crippen LogP contribution in [0.5, 0.6) is 0 Å². The maximum atomic E-state index is 15.9. The fourth-order valence-electron chi connectivity index (χ4n) is 12.2. The number of aryl methyl sites for hydroxylation is 5.